The maximum absolute atomic E-state index is 13.4. The van der Waals surface area contributed by atoms with E-state index in [9.17, 15) is 14.4 Å². The monoisotopic (exact) mass is 599 g/mol. The van der Waals surface area contributed by atoms with Gasteiger partial charge in [0.05, 0.1) is 17.7 Å². The standard InChI is InChI=1S/C31H34ClNO7S/c1-17(24-21(34)14-31(2,3)15-22(24)35)33-25-27(39-28(36)18-10-12-20(32)13-11-18)26-23(38-30(25)41-4)16-37-29(40-26)19-8-6-5-7-9-19/h5-13,23,25-27,29-30,33H,14-16H2,1-4H3/t23-,25-,26-,27-,29?,30+/m1/s1. The lowest BCUT2D eigenvalue weighted by atomic mass is 9.73. The van der Waals surface area contributed by atoms with Gasteiger partial charge in [-0.1, -0.05) is 55.8 Å². The molecule has 1 unspecified atom stereocenters. The molecule has 1 aliphatic carbocycles. The van der Waals surface area contributed by atoms with E-state index >= 15 is 0 Å². The van der Waals surface area contributed by atoms with Crippen molar-refractivity contribution >= 4 is 40.9 Å². The first-order valence-electron chi connectivity index (χ1n) is 13.6. The van der Waals surface area contributed by atoms with Crippen LogP contribution in [0.15, 0.2) is 65.9 Å². The van der Waals surface area contributed by atoms with Crippen molar-refractivity contribution in [2.75, 3.05) is 12.9 Å². The number of Topliss-reactive ketones (excluding diaryl/α,β-unsaturated/α-hetero) is 2. The van der Waals surface area contributed by atoms with Crippen LogP contribution in [0.4, 0.5) is 0 Å². The van der Waals surface area contributed by atoms with Crippen molar-refractivity contribution in [1.82, 2.24) is 5.32 Å². The van der Waals surface area contributed by atoms with Crippen LogP contribution in [-0.4, -0.2) is 60.2 Å². The summed E-state index contributed by atoms with van der Waals surface area (Å²) in [5, 5.41) is 3.85. The molecule has 0 aromatic heterocycles. The zero-order valence-corrected chi connectivity index (χ0v) is 25.0. The molecule has 3 aliphatic rings. The Bertz CT molecular complexity index is 1310. The Morgan fingerprint density at radius 1 is 1.02 bits per heavy atom. The number of nitrogens with one attached hydrogen (secondary N) is 1. The van der Waals surface area contributed by atoms with Crippen LogP contribution in [0.5, 0.6) is 0 Å². The zero-order valence-electron chi connectivity index (χ0n) is 23.4. The zero-order chi connectivity index (χ0) is 29.3. The van der Waals surface area contributed by atoms with Crippen LogP contribution >= 0.6 is 23.4 Å². The largest absolute Gasteiger partial charge is 0.454 e. The van der Waals surface area contributed by atoms with Crippen molar-refractivity contribution in [2.45, 2.75) is 69.7 Å². The summed E-state index contributed by atoms with van der Waals surface area (Å²) in [6.45, 7) is 5.77. The molecular weight excluding hydrogens is 566 g/mol. The molecule has 1 N–H and O–H groups in total. The highest BCUT2D eigenvalue weighted by molar-refractivity contribution is 7.99. The molecule has 1 saturated carbocycles. The van der Waals surface area contributed by atoms with E-state index in [4.69, 9.17) is 30.5 Å². The molecule has 3 fully saturated rings. The summed E-state index contributed by atoms with van der Waals surface area (Å²) in [5.74, 6) is -0.956. The van der Waals surface area contributed by atoms with Gasteiger partial charge in [-0.2, -0.15) is 0 Å². The molecule has 0 spiro atoms. The average Bonchev–Trinajstić information content (AvgIpc) is 2.93. The van der Waals surface area contributed by atoms with Gasteiger partial charge in [-0.25, -0.2) is 4.79 Å². The molecule has 8 nitrogen and oxygen atoms in total. The van der Waals surface area contributed by atoms with E-state index in [0.29, 0.717) is 16.3 Å². The average molecular weight is 600 g/mol. The normalized spacial score (nSPS) is 29.4. The van der Waals surface area contributed by atoms with Gasteiger partial charge in [0.2, 0.25) is 0 Å². The summed E-state index contributed by atoms with van der Waals surface area (Å²) in [6.07, 6.45) is -0.298. The topological polar surface area (TPSA) is 100 Å². The summed E-state index contributed by atoms with van der Waals surface area (Å²) in [5.41, 5.74) is 0.855. The number of ketones is 2. The fourth-order valence-corrected chi connectivity index (χ4v) is 6.52. The third kappa shape index (κ3) is 6.54. The van der Waals surface area contributed by atoms with Crippen LogP contribution in [0.1, 0.15) is 55.8 Å². The van der Waals surface area contributed by atoms with Crippen LogP contribution < -0.4 is 5.32 Å². The maximum Gasteiger partial charge on any atom is 0.338 e. The number of benzene rings is 2. The Kier molecular flexibility index (Phi) is 8.92. The van der Waals surface area contributed by atoms with Gasteiger partial charge in [0.1, 0.15) is 23.7 Å². The SMILES string of the molecule is CS[C@@H]1O[C@@H]2COC(c3ccccc3)O[C@H]2[C@H](OC(=O)c2ccc(Cl)cc2)[C@H]1NC(C)=C1C(=O)CC(C)(C)CC1=O. The first-order valence-corrected chi connectivity index (χ1v) is 15.2. The van der Waals surface area contributed by atoms with Crippen molar-refractivity contribution in [2.24, 2.45) is 5.41 Å². The summed E-state index contributed by atoms with van der Waals surface area (Å²) < 4.78 is 25.0. The smallest absolute Gasteiger partial charge is 0.338 e. The second-order valence-corrected chi connectivity index (χ2v) is 12.7. The molecule has 2 saturated heterocycles. The molecule has 2 aromatic carbocycles. The third-order valence-corrected chi connectivity index (χ3v) is 8.68. The summed E-state index contributed by atoms with van der Waals surface area (Å²) in [6, 6.07) is 15.3. The lowest BCUT2D eigenvalue weighted by Gasteiger charge is -2.49. The Morgan fingerprint density at radius 3 is 2.32 bits per heavy atom. The first kappa shape index (κ1) is 29.8. The lowest BCUT2D eigenvalue weighted by molar-refractivity contribution is -0.306. The van der Waals surface area contributed by atoms with E-state index in [1.165, 1.54) is 11.8 Å². The fraction of sp³-hybridized carbons (Fsp3) is 0.452. The highest BCUT2D eigenvalue weighted by Gasteiger charge is 2.52. The number of fused-ring (bicyclic) bond motifs is 1. The van der Waals surface area contributed by atoms with Gasteiger partial charge in [-0.3, -0.25) is 9.59 Å². The van der Waals surface area contributed by atoms with Crippen molar-refractivity contribution in [3.63, 3.8) is 0 Å². The molecule has 218 valence electrons. The van der Waals surface area contributed by atoms with Crippen molar-refractivity contribution < 1.29 is 33.3 Å². The van der Waals surface area contributed by atoms with Crippen molar-refractivity contribution in [3.05, 3.63) is 82.0 Å². The lowest BCUT2D eigenvalue weighted by Crippen LogP contribution is -2.65. The third-order valence-electron chi connectivity index (χ3n) is 7.56. The number of thioether (sulfide) groups is 1. The molecule has 2 aliphatic heterocycles. The molecule has 10 heteroatoms. The predicted molar refractivity (Wildman–Crippen MR) is 155 cm³/mol. The number of rotatable bonds is 6. The summed E-state index contributed by atoms with van der Waals surface area (Å²) in [7, 11) is 0. The van der Waals surface area contributed by atoms with Crippen LogP contribution in [0.3, 0.4) is 0 Å². The maximum atomic E-state index is 13.4. The molecule has 0 radical (unpaired) electrons. The second-order valence-electron chi connectivity index (χ2n) is 11.4. The van der Waals surface area contributed by atoms with E-state index in [-0.39, 0.29) is 42.0 Å². The number of carbonyl (C=O) groups is 3. The quantitative estimate of drug-likeness (QED) is 0.271. The van der Waals surface area contributed by atoms with E-state index in [2.05, 4.69) is 5.32 Å². The van der Waals surface area contributed by atoms with E-state index < -0.39 is 42.0 Å². The molecular formula is C31H34ClNO7S. The van der Waals surface area contributed by atoms with Crippen molar-refractivity contribution in [3.8, 4) is 0 Å². The first-order chi connectivity index (χ1) is 19.6. The van der Waals surface area contributed by atoms with Crippen LogP contribution in [0.25, 0.3) is 0 Å². The Balaban J connectivity index is 1.49. The molecule has 5 rings (SSSR count). The van der Waals surface area contributed by atoms with Gasteiger partial charge in [0.25, 0.3) is 0 Å². The number of hydrogen-bond acceptors (Lipinski definition) is 9. The van der Waals surface area contributed by atoms with Gasteiger partial charge in [-0.15, -0.1) is 11.8 Å². The summed E-state index contributed by atoms with van der Waals surface area (Å²) >= 11 is 7.46. The Hall–Kier alpha value is -2.69. The molecule has 6 atom stereocenters. The van der Waals surface area contributed by atoms with Crippen molar-refractivity contribution in [1.29, 1.82) is 0 Å². The summed E-state index contributed by atoms with van der Waals surface area (Å²) in [4.78, 5) is 39.5. The Labute approximate surface area is 249 Å². The fourth-order valence-electron chi connectivity index (χ4n) is 5.63. The van der Waals surface area contributed by atoms with E-state index in [1.54, 1.807) is 31.2 Å². The number of esters is 1. The highest BCUT2D eigenvalue weighted by atomic mass is 35.5. The highest BCUT2D eigenvalue weighted by Crippen LogP contribution is 2.39. The van der Waals surface area contributed by atoms with E-state index in [0.717, 1.165) is 5.56 Å². The second kappa shape index (κ2) is 12.3. The molecule has 2 heterocycles. The van der Waals surface area contributed by atoms with Gasteiger partial charge in [-0.05, 0) is 42.9 Å². The van der Waals surface area contributed by atoms with Crippen LogP contribution in [-0.2, 0) is 28.5 Å². The van der Waals surface area contributed by atoms with Gasteiger partial charge in [0, 0.05) is 29.1 Å². The molecule has 41 heavy (non-hydrogen) atoms. The van der Waals surface area contributed by atoms with Crippen LogP contribution in [0, 0.1) is 5.41 Å². The minimum absolute atomic E-state index is 0.157. The van der Waals surface area contributed by atoms with Crippen LogP contribution in [0.2, 0.25) is 5.02 Å². The van der Waals surface area contributed by atoms with E-state index in [1.807, 2.05) is 50.4 Å². The Morgan fingerprint density at radius 2 is 1.68 bits per heavy atom. The number of carbonyl (C=O) groups excluding carboxylic acids is 3. The number of allylic oxidation sites excluding steroid dienone is 2. The van der Waals surface area contributed by atoms with Gasteiger partial charge < -0.3 is 24.3 Å². The predicted octanol–water partition coefficient (Wildman–Crippen LogP) is 5.26. The number of hydrogen-bond donors (Lipinski definition) is 1. The van der Waals surface area contributed by atoms with Gasteiger partial charge >= 0.3 is 5.97 Å². The molecule has 2 aromatic rings. The number of ether oxygens (including phenoxy) is 4. The minimum Gasteiger partial charge on any atom is -0.454 e. The molecule has 0 amide bonds. The number of halogens is 1. The molecule has 0 bridgehead atoms. The van der Waals surface area contributed by atoms with Gasteiger partial charge in [0.15, 0.2) is 24.0 Å². The minimum atomic E-state index is -0.842.